The lowest BCUT2D eigenvalue weighted by Crippen LogP contribution is -2.54. The van der Waals surface area contributed by atoms with Crippen LogP contribution in [0, 0.1) is 11.6 Å². The number of carbonyl (C=O) groups is 4. The normalized spacial score (nSPS) is 23.3. The maximum absolute atomic E-state index is 16.8. The van der Waals surface area contributed by atoms with Gasteiger partial charge in [0.2, 0.25) is 11.8 Å². The summed E-state index contributed by atoms with van der Waals surface area (Å²) >= 11 is 0. The van der Waals surface area contributed by atoms with Crippen molar-refractivity contribution in [1.82, 2.24) is 40.4 Å². The fraction of sp³-hybridized carbons (Fsp3) is 0.556. The number of likely N-dealkylation sites (tertiary alicyclic amines) is 2. The number of benzene rings is 3. The van der Waals surface area contributed by atoms with E-state index in [1.165, 1.54) is 65.5 Å². The molecule has 10 rings (SSSR count). The summed E-state index contributed by atoms with van der Waals surface area (Å²) in [5, 5.41) is 5.29. The number of alkyl carbamates (subject to hydrolysis) is 2. The lowest BCUT2D eigenvalue weighted by Gasteiger charge is -2.39. The Bertz CT molecular complexity index is 2750. The summed E-state index contributed by atoms with van der Waals surface area (Å²) in [5.74, 6) is -0.503. The molecule has 5 aliphatic rings. The number of ether oxygens (including phenoxy) is 4. The molecule has 7 heterocycles. The molecule has 4 N–H and O–H groups in total. The number of hydrogen-bond donors (Lipinski definition) is 4. The summed E-state index contributed by atoms with van der Waals surface area (Å²) in [4.78, 5) is 77.3. The van der Waals surface area contributed by atoms with E-state index in [1.54, 1.807) is 23.6 Å². The van der Waals surface area contributed by atoms with Gasteiger partial charge in [-0.2, -0.15) is 0 Å². The molecular weight excluding hydrogens is 983 g/mol. The lowest BCUT2D eigenvalue weighted by molar-refractivity contribution is -0.138. The zero-order valence-electron chi connectivity index (χ0n) is 43.8. The van der Waals surface area contributed by atoms with Gasteiger partial charge < -0.3 is 59.1 Å². The summed E-state index contributed by atoms with van der Waals surface area (Å²) in [5.41, 5.74) is 5.26. The molecule has 0 bridgehead atoms. The van der Waals surface area contributed by atoms with Gasteiger partial charge in [-0.1, -0.05) is 37.1 Å². The summed E-state index contributed by atoms with van der Waals surface area (Å²) in [6, 6.07) is 16.6. The van der Waals surface area contributed by atoms with Crippen LogP contribution in [0.15, 0.2) is 48.5 Å². The van der Waals surface area contributed by atoms with Crippen molar-refractivity contribution in [2.75, 3.05) is 64.4 Å². The molecule has 5 fully saturated rings. The number of halogens is 2. The van der Waals surface area contributed by atoms with Gasteiger partial charge in [0.1, 0.15) is 29.4 Å². The maximum atomic E-state index is 16.8. The number of anilines is 2. The van der Waals surface area contributed by atoms with Crippen molar-refractivity contribution in [2.24, 2.45) is 0 Å². The number of methoxy groups -OCH3 is 4. The Morgan fingerprint density at radius 1 is 0.613 bits per heavy atom. The van der Waals surface area contributed by atoms with Gasteiger partial charge in [0.15, 0.2) is 11.6 Å². The zero-order chi connectivity index (χ0) is 52.7. The number of imidazole rings is 2. The van der Waals surface area contributed by atoms with Gasteiger partial charge in [0, 0.05) is 46.1 Å². The fourth-order valence-electron chi connectivity index (χ4n) is 12.9. The van der Waals surface area contributed by atoms with Crippen LogP contribution < -0.4 is 20.4 Å². The third-order valence-electron chi connectivity index (χ3n) is 17.1. The van der Waals surface area contributed by atoms with Crippen LogP contribution in [0.1, 0.15) is 112 Å². The molecular formula is C54H70F2N10O8Si. The highest BCUT2D eigenvalue weighted by Gasteiger charge is 2.43. The van der Waals surface area contributed by atoms with Gasteiger partial charge in [0.05, 0.1) is 80.7 Å². The molecule has 0 radical (unpaired) electrons. The predicted molar refractivity (Wildman–Crippen MR) is 281 cm³/mol. The first kappa shape index (κ1) is 52.1. The van der Waals surface area contributed by atoms with Gasteiger partial charge >= 0.3 is 12.2 Å². The van der Waals surface area contributed by atoms with E-state index in [1.807, 2.05) is 41.3 Å². The van der Waals surface area contributed by atoms with E-state index in [-0.39, 0.29) is 41.7 Å². The highest BCUT2D eigenvalue weighted by molar-refractivity contribution is 6.80. The number of nitrogens with zero attached hydrogens (tertiary/aromatic N) is 6. The minimum absolute atomic E-state index is 0.0517. The highest BCUT2D eigenvalue weighted by Crippen LogP contribution is 2.49. The molecule has 21 heteroatoms. The Kier molecular flexibility index (Phi) is 15.1. The van der Waals surface area contributed by atoms with Crippen LogP contribution in [0.2, 0.25) is 24.2 Å². The van der Waals surface area contributed by atoms with Gasteiger partial charge in [-0.15, -0.1) is 0 Å². The standard InChI is InChI=1S/C54H70F2N10O8Si/c1-31(71-3)46(61-53(69)73-5)51(67)64-19-9-11-44(64)49-57-38-15-13-33(27-40(38)59-49)42-17-18-43(66(42)35-29-36(55)48(37(56)30-35)63-21-25-75(26-22-63)23-7-8-24-75)34-14-16-39-41(28-34)60-50(58-39)45-12-10-20-65(45)52(68)47(32(2)72-4)62-54(70)74-6/h13-16,27-32,42-47H,7-12,17-26H2,1-6H3,(H,57,59)(H,58,60)(H,61,69)(H,62,70)/t31-,32-,42-,43+,44+,45+,46+,47+/m1/s1. The van der Waals surface area contributed by atoms with Crippen LogP contribution in [-0.4, -0.2) is 141 Å². The van der Waals surface area contributed by atoms with E-state index in [0.29, 0.717) is 80.2 Å². The Morgan fingerprint density at radius 3 is 1.49 bits per heavy atom. The van der Waals surface area contributed by atoms with Crippen molar-refractivity contribution in [2.45, 2.75) is 138 Å². The number of H-pyrrole nitrogens is 2. The number of rotatable bonds is 14. The summed E-state index contributed by atoms with van der Waals surface area (Å²) < 4.78 is 54.2. The molecule has 2 aromatic heterocycles. The number of aromatic amines is 2. The second-order valence-electron chi connectivity index (χ2n) is 21.3. The zero-order valence-corrected chi connectivity index (χ0v) is 44.8. The highest BCUT2D eigenvalue weighted by atomic mass is 28.3. The van der Waals surface area contributed by atoms with Crippen LogP contribution in [-0.2, 0) is 28.5 Å². The molecule has 8 atom stereocenters. The third-order valence-corrected chi connectivity index (χ3v) is 22.5. The Hall–Kier alpha value is -6.32. The van der Waals surface area contributed by atoms with E-state index in [9.17, 15) is 19.2 Å². The van der Waals surface area contributed by atoms with Gasteiger partial charge in [0.25, 0.3) is 0 Å². The van der Waals surface area contributed by atoms with Crippen LogP contribution in [0.3, 0.4) is 0 Å². The van der Waals surface area contributed by atoms with Crippen molar-refractivity contribution >= 4 is 65.5 Å². The van der Waals surface area contributed by atoms with E-state index in [0.717, 1.165) is 47.1 Å². The Labute approximate surface area is 436 Å². The van der Waals surface area contributed by atoms with Crippen molar-refractivity contribution in [3.8, 4) is 0 Å². The lowest BCUT2D eigenvalue weighted by atomic mass is 10.0. The maximum Gasteiger partial charge on any atom is 0.407 e. The summed E-state index contributed by atoms with van der Waals surface area (Å²) in [7, 11) is 4.12. The quantitative estimate of drug-likeness (QED) is 0.0773. The molecule has 0 saturated carbocycles. The molecule has 18 nitrogen and oxygen atoms in total. The molecule has 75 heavy (non-hydrogen) atoms. The van der Waals surface area contributed by atoms with Crippen molar-refractivity contribution < 1.29 is 46.9 Å². The second-order valence-corrected chi connectivity index (χ2v) is 26.3. The largest absolute Gasteiger partial charge is 0.453 e. The Balaban J connectivity index is 0.966. The Morgan fingerprint density at radius 2 is 1.07 bits per heavy atom. The van der Waals surface area contributed by atoms with Crippen LogP contribution >= 0.6 is 0 Å². The first-order valence-corrected chi connectivity index (χ1v) is 29.4. The molecule has 4 amide bonds. The average molecular weight is 1050 g/mol. The number of amides is 4. The van der Waals surface area contributed by atoms with Gasteiger partial charge in [-0.05, 0) is 112 Å². The molecule has 5 aliphatic heterocycles. The van der Waals surface area contributed by atoms with E-state index in [4.69, 9.17) is 28.9 Å². The monoisotopic (exact) mass is 1050 g/mol. The summed E-state index contributed by atoms with van der Waals surface area (Å²) in [6.07, 6.45) is 4.00. The number of nitrogens with one attached hydrogen (secondary N) is 4. The topological polar surface area (TPSA) is 200 Å². The van der Waals surface area contributed by atoms with E-state index >= 15 is 8.78 Å². The predicted octanol–water partition coefficient (Wildman–Crippen LogP) is 8.71. The van der Waals surface area contributed by atoms with Gasteiger partial charge in [-0.3, -0.25) is 9.59 Å². The third kappa shape index (κ3) is 10.1. The molecule has 0 aliphatic carbocycles. The second kappa shape index (κ2) is 21.7. The van der Waals surface area contributed by atoms with Crippen molar-refractivity contribution in [3.05, 3.63) is 82.9 Å². The molecule has 402 valence electrons. The van der Waals surface area contributed by atoms with E-state index < -0.39 is 56.2 Å². The summed E-state index contributed by atoms with van der Waals surface area (Å²) in [6.45, 7) is 5.75. The van der Waals surface area contributed by atoms with Gasteiger partial charge in [-0.25, -0.2) is 28.3 Å². The number of aromatic nitrogens is 4. The van der Waals surface area contributed by atoms with Crippen molar-refractivity contribution in [1.29, 1.82) is 0 Å². The van der Waals surface area contributed by atoms with Crippen LogP contribution in [0.4, 0.5) is 29.7 Å². The molecule has 5 saturated heterocycles. The van der Waals surface area contributed by atoms with Crippen molar-refractivity contribution in [3.63, 3.8) is 0 Å². The first-order chi connectivity index (χ1) is 36.2. The SMILES string of the molecule is COC(=O)N[C@H](C(=O)N1CCC[C@H]1c1nc2cc([C@H]3CC[C@@H](c4ccc5[nH]c([C@@H]6CCCN6C(=O)[C@@H](NC(=O)OC)[C@@H](C)OC)nc5c4)N3c3cc(F)c(N4CC[Si]5(CCCC5)CC4)c(F)c3)ccc2[nH]1)[C@@H](C)OC. The molecule has 5 aromatic rings. The number of hydrogen-bond acceptors (Lipinski definition) is 12. The molecule has 3 aromatic carbocycles. The van der Waals surface area contributed by atoms with E-state index in [2.05, 4.69) is 25.5 Å². The van der Waals surface area contributed by atoms with Crippen LogP contribution in [0.25, 0.3) is 22.1 Å². The minimum Gasteiger partial charge on any atom is -0.453 e. The number of carbonyl (C=O) groups excluding carboxylic acids is 4. The molecule has 0 unspecified atom stereocenters. The average Bonchev–Trinajstić information content (AvgIpc) is 4.30. The number of fused-ring (bicyclic) bond motifs is 2. The fourth-order valence-corrected chi connectivity index (χ4v) is 17.9. The smallest absolute Gasteiger partial charge is 0.407 e. The molecule has 1 spiro atoms. The minimum atomic E-state index is -1.35. The van der Waals surface area contributed by atoms with Crippen LogP contribution in [0.5, 0.6) is 0 Å². The first-order valence-electron chi connectivity index (χ1n) is 26.6.